The van der Waals surface area contributed by atoms with Gasteiger partial charge in [-0.25, -0.2) is 14.6 Å². The summed E-state index contributed by atoms with van der Waals surface area (Å²) < 4.78 is 16.7. The number of imide groups is 1. The zero-order valence-electron chi connectivity index (χ0n) is 18.5. The molecule has 0 radical (unpaired) electrons. The van der Waals surface area contributed by atoms with Gasteiger partial charge >= 0.3 is 12.2 Å². The Morgan fingerprint density at radius 2 is 1.50 bits per heavy atom. The van der Waals surface area contributed by atoms with E-state index in [1.165, 1.54) is 12.3 Å². The molecule has 2 rings (SSSR count). The van der Waals surface area contributed by atoms with Gasteiger partial charge in [0.25, 0.3) is 0 Å². The maximum absolute atomic E-state index is 12.8. The highest BCUT2D eigenvalue weighted by Gasteiger charge is 2.33. The van der Waals surface area contributed by atoms with Gasteiger partial charge in [-0.05, 0) is 59.7 Å². The Balaban J connectivity index is 2.39. The molecule has 2 amide bonds. The van der Waals surface area contributed by atoms with Crippen molar-refractivity contribution in [2.45, 2.75) is 52.7 Å². The van der Waals surface area contributed by atoms with Crippen molar-refractivity contribution in [3.8, 4) is 11.5 Å². The smallest absolute Gasteiger partial charge is 0.425 e. The molecular weight excluding hydrogens is 386 g/mol. The molecule has 1 aromatic carbocycles. The minimum atomic E-state index is -0.892. The summed E-state index contributed by atoms with van der Waals surface area (Å²) in [4.78, 5) is 30.4. The van der Waals surface area contributed by atoms with Crippen molar-refractivity contribution >= 4 is 23.7 Å². The fraction of sp³-hybridized carbons (Fsp3) is 0.409. The van der Waals surface area contributed by atoms with Gasteiger partial charge in [-0.2, -0.15) is 4.90 Å². The van der Waals surface area contributed by atoms with Gasteiger partial charge < -0.3 is 19.5 Å². The SMILES string of the molecule is CNc1ccccc1Oc1ccnc(N(C(=O)OC(C)(C)C)C(=O)OC(C)(C)C)c1. The summed E-state index contributed by atoms with van der Waals surface area (Å²) in [5.74, 6) is 0.996. The molecule has 0 bridgehead atoms. The van der Waals surface area contributed by atoms with Crippen LogP contribution >= 0.6 is 0 Å². The first-order valence-corrected chi connectivity index (χ1v) is 9.56. The monoisotopic (exact) mass is 415 g/mol. The Hall–Kier alpha value is -3.29. The van der Waals surface area contributed by atoms with Gasteiger partial charge in [-0.1, -0.05) is 12.1 Å². The van der Waals surface area contributed by atoms with Crippen LogP contribution < -0.4 is 15.0 Å². The van der Waals surface area contributed by atoms with Crippen LogP contribution in [0.2, 0.25) is 0 Å². The number of nitrogens with one attached hydrogen (secondary N) is 1. The lowest BCUT2D eigenvalue weighted by Crippen LogP contribution is -2.44. The number of anilines is 2. The van der Waals surface area contributed by atoms with Crippen molar-refractivity contribution < 1.29 is 23.8 Å². The topological polar surface area (TPSA) is 90.0 Å². The van der Waals surface area contributed by atoms with Crippen molar-refractivity contribution in [1.82, 2.24) is 4.98 Å². The molecule has 30 heavy (non-hydrogen) atoms. The van der Waals surface area contributed by atoms with E-state index in [9.17, 15) is 9.59 Å². The minimum absolute atomic E-state index is 0.0259. The number of hydrogen-bond donors (Lipinski definition) is 1. The quantitative estimate of drug-likeness (QED) is 0.696. The zero-order chi connectivity index (χ0) is 22.5. The Morgan fingerprint density at radius 3 is 2.03 bits per heavy atom. The van der Waals surface area contributed by atoms with E-state index < -0.39 is 23.4 Å². The van der Waals surface area contributed by atoms with Crippen molar-refractivity contribution in [3.05, 3.63) is 42.6 Å². The lowest BCUT2D eigenvalue weighted by atomic mass is 10.2. The second-order valence-electron chi connectivity index (χ2n) is 8.49. The van der Waals surface area contributed by atoms with Crippen molar-refractivity contribution in [1.29, 1.82) is 0 Å². The molecule has 1 aromatic heterocycles. The molecule has 0 saturated carbocycles. The molecule has 0 aliphatic rings. The summed E-state index contributed by atoms with van der Waals surface area (Å²) in [5.41, 5.74) is -0.832. The van der Waals surface area contributed by atoms with Crippen LogP contribution in [0.5, 0.6) is 11.5 Å². The summed E-state index contributed by atoms with van der Waals surface area (Å²) in [7, 11) is 1.78. The zero-order valence-corrected chi connectivity index (χ0v) is 18.5. The van der Waals surface area contributed by atoms with E-state index in [0.29, 0.717) is 11.5 Å². The summed E-state index contributed by atoms with van der Waals surface area (Å²) in [6.07, 6.45) is -0.344. The van der Waals surface area contributed by atoms with Gasteiger partial charge in [-0.15, -0.1) is 0 Å². The van der Waals surface area contributed by atoms with Gasteiger partial charge in [-0.3, -0.25) is 0 Å². The highest BCUT2D eigenvalue weighted by Crippen LogP contribution is 2.31. The molecule has 0 aliphatic carbocycles. The van der Waals surface area contributed by atoms with E-state index in [1.807, 2.05) is 18.2 Å². The Kier molecular flexibility index (Phi) is 6.92. The molecule has 0 aliphatic heterocycles. The summed E-state index contributed by atoms with van der Waals surface area (Å²) in [5, 5.41) is 3.04. The van der Waals surface area contributed by atoms with Gasteiger partial charge in [0.05, 0.1) is 5.69 Å². The number of para-hydroxylation sites is 2. The van der Waals surface area contributed by atoms with Crippen molar-refractivity contribution in [2.24, 2.45) is 0 Å². The molecular formula is C22H29N3O5. The summed E-state index contributed by atoms with van der Waals surface area (Å²) >= 11 is 0. The number of rotatable bonds is 4. The van der Waals surface area contributed by atoms with Gasteiger partial charge in [0.15, 0.2) is 5.82 Å². The molecule has 0 spiro atoms. The van der Waals surface area contributed by atoms with E-state index in [2.05, 4.69) is 10.3 Å². The second-order valence-corrected chi connectivity index (χ2v) is 8.49. The van der Waals surface area contributed by atoms with Crippen LogP contribution in [0.25, 0.3) is 0 Å². The molecule has 0 fully saturated rings. The van der Waals surface area contributed by atoms with Crippen LogP contribution in [0.4, 0.5) is 21.1 Å². The summed E-state index contributed by atoms with van der Waals surface area (Å²) in [6.45, 7) is 10.2. The van der Waals surface area contributed by atoms with Crippen LogP contribution in [0.15, 0.2) is 42.6 Å². The number of pyridine rings is 1. The number of hydrogen-bond acceptors (Lipinski definition) is 7. The van der Waals surface area contributed by atoms with Crippen LogP contribution in [0.3, 0.4) is 0 Å². The van der Waals surface area contributed by atoms with Crippen molar-refractivity contribution in [2.75, 3.05) is 17.3 Å². The third kappa shape index (κ3) is 6.65. The van der Waals surface area contributed by atoms with Crippen molar-refractivity contribution in [3.63, 3.8) is 0 Å². The molecule has 8 heteroatoms. The molecule has 2 aromatic rings. The van der Waals surface area contributed by atoms with Crippen LogP contribution in [0.1, 0.15) is 41.5 Å². The standard InChI is InChI=1S/C22H29N3O5/c1-21(2,3)29-19(26)25(20(27)30-22(4,5)6)18-14-15(12-13-24-18)28-17-11-9-8-10-16(17)23-7/h8-14,23H,1-7H3. The minimum Gasteiger partial charge on any atom is -0.455 e. The first kappa shape index (κ1) is 23.0. The number of carbonyl (C=O) groups is 2. The van der Waals surface area contributed by atoms with E-state index in [1.54, 1.807) is 60.7 Å². The largest absolute Gasteiger partial charge is 0.455 e. The van der Waals surface area contributed by atoms with E-state index in [0.717, 1.165) is 10.6 Å². The average Bonchev–Trinajstić information content (AvgIpc) is 2.59. The molecule has 0 atom stereocenters. The van der Waals surface area contributed by atoms with Crippen LogP contribution in [0, 0.1) is 0 Å². The molecule has 162 valence electrons. The fourth-order valence-electron chi connectivity index (χ4n) is 2.35. The molecule has 8 nitrogen and oxygen atoms in total. The van der Waals surface area contributed by atoms with Gasteiger partial charge in [0, 0.05) is 19.3 Å². The Bertz CT molecular complexity index is 872. The maximum atomic E-state index is 12.8. The summed E-state index contributed by atoms with van der Waals surface area (Å²) in [6, 6.07) is 10.5. The highest BCUT2D eigenvalue weighted by molar-refractivity contribution is 6.08. The molecule has 0 unspecified atom stereocenters. The Morgan fingerprint density at radius 1 is 0.933 bits per heavy atom. The van der Waals surface area contributed by atoms with E-state index in [4.69, 9.17) is 14.2 Å². The van der Waals surface area contributed by atoms with Gasteiger partial charge in [0.1, 0.15) is 22.7 Å². The molecule has 1 heterocycles. The van der Waals surface area contributed by atoms with E-state index >= 15 is 0 Å². The number of nitrogens with zero attached hydrogens (tertiary/aromatic N) is 2. The Labute approximate surface area is 177 Å². The third-order valence-corrected chi connectivity index (χ3v) is 3.48. The lowest BCUT2D eigenvalue weighted by Gasteiger charge is -2.28. The predicted octanol–water partition coefficient (Wildman–Crippen LogP) is 5.59. The number of carbonyl (C=O) groups excluding carboxylic acids is 2. The van der Waals surface area contributed by atoms with Crippen LogP contribution in [-0.4, -0.2) is 35.4 Å². The maximum Gasteiger partial charge on any atom is 0.425 e. The third-order valence-electron chi connectivity index (χ3n) is 3.48. The van der Waals surface area contributed by atoms with Gasteiger partial charge in [0.2, 0.25) is 0 Å². The highest BCUT2D eigenvalue weighted by atomic mass is 16.6. The second kappa shape index (κ2) is 9.02. The average molecular weight is 415 g/mol. The first-order valence-electron chi connectivity index (χ1n) is 9.56. The number of aromatic nitrogens is 1. The fourth-order valence-corrected chi connectivity index (χ4v) is 2.35. The normalized spacial score (nSPS) is 11.4. The van der Waals surface area contributed by atoms with E-state index in [-0.39, 0.29) is 5.82 Å². The molecule has 0 saturated heterocycles. The number of amides is 2. The van der Waals surface area contributed by atoms with Crippen LogP contribution in [-0.2, 0) is 9.47 Å². The lowest BCUT2D eigenvalue weighted by molar-refractivity contribution is 0.0429. The first-order chi connectivity index (χ1) is 13.9. The number of ether oxygens (including phenoxy) is 3. The predicted molar refractivity (Wildman–Crippen MR) is 115 cm³/mol. The molecule has 1 N–H and O–H groups in total. The number of benzene rings is 1.